The molecule has 0 amide bonds. The van der Waals surface area contributed by atoms with Crippen LogP contribution in [0.2, 0.25) is 0 Å². The largest absolute Gasteiger partial charge is 0.433 e. The van der Waals surface area contributed by atoms with Gasteiger partial charge in [-0.2, -0.15) is 13.2 Å². The fourth-order valence-corrected chi connectivity index (χ4v) is 2.40. The Morgan fingerprint density at radius 1 is 1.29 bits per heavy atom. The lowest BCUT2D eigenvalue weighted by Crippen LogP contribution is -2.16. The minimum absolute atomic E-state index is 0.0186. The minimum Gasteiger partial charge on any atom is -0.323 e. The summed E-state index contributed by atoms with van der Waals surface area (Å²) in [5, 5.41) is 0.622. The molecule has 2 rings (SSSR count). The molecule has 0 spiro atoms. The van der Waals surface area contributed by atoms with E-state index in [4.69, 9.17) is 5.84 Å². The van der Waals surface area contributed by atoms with E-state index in [1.807, 2.05) is 12.1 Å². The van der Waals surface area contributed by atoms with Gasteiger partial charge in [0.15, 0.2) is 0 Å². The van der Waals surface area contributed by atoms with E-state index in [1.165, 1.54) is 6.92 Å². The average molecular weight is 297 g/mol. The molecule has 21 heavy (non-hydrogen) atoms. The molecule has 3 nitrogen and oxygen atoms in total. The Hall–Kier alpha value is -1.82. The van der Waals surface area contributed by atoms with Gasteiger partial charge in [-0.3, -0.25) is 5.84 Å². The number of halogens is 3. The standard InChI is InChI=1S/C15H18F3N3/c1-3-4-5-10-6-7-12-11(8-10)13(21-19)9(2)14(20-12)15(16,17)18/h6-8H,3-5,19H2,1-2H3,(H,20,21). The second-order valence-corrected chi connectivity index (χ2v) is 5.06. The molecule has 3 N–H and O–H groups in total. The highest BCUT2D eigenvalue weighted by Crippen LogP contribution is 2.37. The molecule has 0 radical (unpaired) electrons. The summed E-state index contributed by atoms with van der Waals surface area (Å²) in [5.74, 6) is 5.43. The van der Waals surface area contributed by atoms with Crippen molar-refractivity contribution in [1.29, 1.82) is 0 Å². The number of aromatic nitrogens is 1. The van der Waals surface area contributed by atoms with Crippen LogP contribution in [0.1, 0.15) is 36.6 Å². The Morgan fingerprint density at radius 2 is 2.00 bits per heavy atom. The van der Waals surface area contributed by atoms with Crippen LogP contribution in [0.4, 0.5) is 18.9 Å². The molecule has 2 aromatic rings. The molecule has 0 saturated heterocycles. The van der Waals surface area contributed by atoms with Gasteiger partial charge in [-0.25, -0.2) is 4.98 Å². The van der Waals surface area contributed by atoms with Crippen molar-refractivity contribution in [3.8, 4) is 0 Å². The van der Waals surface area contributed by atoms with Crippen LogP contribution in [-0.4, -0.2) is 4.98 Å². The summed E-state index contributed by atoms with van der Waals surface area (Å²) in [4.78, 5) is 3.76. The van der Waals surface area contributed by atoms with Crippen LogP contribution in [-0.2, 0) is 12.6 Å². The van der Waals surface area contributed by atoms with Gasteiger partial charge in [0.25, 0.3) is 0 Å². The maximum atomic E-state index is 13.0. The Morgan fingerprint density at radius 3 is 2.57 bits per heavy atom. The van der Waals surface area contributed by atoms with Gasteiger partial charge in [-0.05, 0) is 37.5 Å². The van der Waals surface area contributed by atoms with Gasteiger partial charge in [-0.1, -0.05) is 19.4 Å². The highest BCUT2D eigenvalue weighted by atomic mass is 19.4. The summed E-state index contributed by atoms with van der Waals surface area (Å²) in [6, 6.07) is 5.30. The first-order chi connectivity index (χ1) is 9.88. The molecule has 6 heteroatoms. The first kappa shape index (κ1) is 15.6. The van der Waals surface area contributed by atoms with Crippen LogP contribution in [0.5, 0.6) is 0 Å². The number of unbranched alkanes of at least 4 members (excludes halogenated alkanes) is 1. The van der Waals surface area contributed by atoms with Crippen LogP contribution < -0.4 is 11.3 Å². The molecule has 114 valence electrons. The Labute approximate surface area is 121 Å². The average Bonchev–Trinajstić information content (AvgIpc) is 2.43. The number of nitrogens with zero attached hydrogens (tertiary/aromatic N) is 1. The van der Waals surface area contributed by atoms with Crippen molar-refractivity contribution in [1.82, 2.24) is 4.98 Å². The van der Waals surface area contributed by atoms with Gasteiger partial charge in [0.05, 0.1) is 11.2 Å². The highest BCUT2D eigenvalue weighted by molar-refractivity contribution is 5.93. The first-order valence-electron chi connectivity index (χ1n) is 6.85. The number of rotatable bonds is 4. The number of hydrogen-bond acceptors (Lipinski definition) is 3. The second kappa shape index (κ2) is 5.89. The van der Waals surface area contributed by atoms with Crippen LogP contribution in [0.25, 0.3) is 10.9 Å². The lowest BCUT2D eigenvalue weighted by atomic mass is 10.0. The Kier molecular flexibility index (Phi) is 4.37. The van der Waals surface area contributed by atoms with Crippen LogP contribution >= 0.6 is 0 Å². The molecule has 1 aromatic heterocycles. The van der Waals surface area contributed by atoms with Gasteiger partial charge < -0.3 is 5.43 Å². The van der Waals surface area contributed by atoms with Gasteiger partial charge in [-0.15, -0.1) is 0 Å². The molecular formula is C15H18F3N3. The molecule has 0 aliphatic heterocycles. The fraction of sp³-hybridized carbons (Fsp3) is 0.400. The first-order valence-corrected chi connectivity index (χ1v) is 6.85. The zero-order valence-electron chi connectivity index (χ0n) is 12.0. The summed E-state index contributed by atoms with van der Waals surface area (Å²) in [5.41, 5.74) is 3.16. The molecule has 0 aliphatic carbocycles. The van der Waals surface area contributed by atoms with Gasteiger partial charge >= 0.3 is 6.18 Å². The van der Waals surface area contributed by atoms with Crippen molar-refractivity contribution in [2.24, 2.45) is 5.84 Å². The summed E-state index contributed by atoms with van der Waals surface area (Å²) >= 11 is 0. The van der Waals surface area contributed by atoms with E-state index in [0.717, 1.165) is 24.8 Å². The van der Waals surface area contributed by atoms with Crippen LogP contribution in [0, 0.1) is 6.92 Å². The molecule has 1 heterocycles. The summed E-state index contributed by atoms with van der Waals surface area (Å²) < 4.78 is 39.0. The second-order valence-electron chi connectivity index (χ2n) is 5.06. The predicted octanol–water partition coefficient (Wildman–Crippen LogP) is 4.19. The molecule has 0 unspecified atom stereocenters. The number of pyridine rings is 1. The number of benzene rings is 1. The van der Waals surface area contributed by atoms with Crippen molar-refractivity contribution in [3.05, 3.63) is 35.0 Å². The number of nitrogen functional groups attached to an aromatic ring is 1. The quantitative estimate of drug-likeness (QED) is 0.657. The predicted molar refractivity (Wildman–Crippen MR) is 77.9 cm³/mol. The number of hydrazine groups is 1. The summed E-state index contributed by atoms with van der Waals surface area (Å²) in [7, 11) is 0. The topological polar surface area (TPSA) is 50.9 Å². The van der Waals surface area contributed by atoms with Crippen molar-refractivity contribution in [2.75, 3.05) is 5.43 Å². The number of fused-ring (bicyclic) bond motifs is 1. The summed E-state index contributed by atoms with van der Waals surface area (Å²) in [6.07, 6.45) is -1.52. The van der Waals surface area contributed by atoms with E-state index in [0.29, 0.717) is 10.9 Å². The summed E-state index contributed by atoms with van der Waals surface area (Å²) in [6.45, 7) is 3.47. The molecule has 1 aromatic carbocycles. The van der Waals surface area contributed by atoms with Crippen molar-refractivity contribution in [3.63, 3.8) is 0 Å². The van der Waals surface area contributed by atoms with Crippen LogP contribution in [0.3, 0.4) is 0 Å². The molecule has 0 atom stereocenters. The number of hydrogen-bond donors (Lipinski definition) is 2. The normalized spacial score (nSPS) is 11.9. The highest BCUT2D eigenvalue weighted by Gasteiger charge is 2.36. The minimum atomic E-state index is -4.50. The van der Waals surface area contributed by atoms with Crippen molar-refractivity contribution < 1.29 is 13.2 Å². The van der Waals surface area contributed by atoms with Crippen LogP contribution in [0.15, 0.2) is 18.2 Å². The third-order valence-corrected chi connectivity index (χ3v) is 3.52. The Bertz CT molecular complexity index is 651. The van der Waals surface area contributed by atoms with Gasteiger partial charge in [0.2, 0.25) is 0 Å². The smallest absolute Gasteiger partial charge is 0.323 e. The van der Waals surface area contributed by atoms with E-state index < -0.39 is 11.9 Å². The van der Waals surface area contributed by atoms with Gasteiger partial charge in [0.1, 0.15) is 5.69 Å². The lowest BCUT2D eigenvalue weighted by Gasteiger charge is -2.16. The van der Waals surface area contributed by atoms with E-state index in [-0.39, 0.29) is 11.3 Å². The SMILES string of the molecule is CCCCc1ccc2nc(C(F)(F)F)c(C)c(NN)c2c1. The third-order valence-electron chi connectivity index (χ3n) is 3.52. The number of nitrogens with one attached hydrogen (secondary N) is 1. The molecular weight excluding hydrogens is 279 g/mol. The lowest BCUT2D eigenvalue weighted by molar-refractivity contribution is -0.141. The third kappa shape index (κ3) is 3.10. The van der Waals surface area contributed by atoms with Crippen molar-refractivity contribution in [2.45, 2.75) is 39.3 Å². The number of alkyl halides is 3. The zero-order valence-corrected chi connectivity index (χ0v) is 12.0. The molecule has 0 saturated carbocycles. The van der Waals surface area contributed by atoms with E-state index >= 15 is 0 Å². The van der Waals surface area contributed by atoms with E-state index in [2.05, 4.69) is 17.3 Å². The van der Waals surface area contributed by atoms with Gasteiger partial charge in [0, 0.05) is 10.9 Å². The number of anilines is 1. The zero-order chi connectivity index (χ0) is 15.6. The molecule has 0 bridgehead atoms. The maximum absolute atomic E-state index is 13.0. The Balaban J connectivity index is 2.64. The fourth-order valence-electron chi connectivity index (χ4n) is 2.40. The number of nitrogens with two attached hydrogens (primary N) is 1. The van der Waals surface area contributed by atoms with E-state index in [9.17, 15) is 13.2 Å². The molecule has 0 aliphatic rings. The number of aryl methyl sites for hydroxylation is 1. The van der Waals surface area contributed by atoms with E-state index in [1.54, 1.807) is 6.07 Å². The monoisotopic (exact) mass is 297 g/mol. The van der Waals surface area contributed by atoms with Crippen molar-refractivity contribution >= 4 is 16.6 Å². The maximum Gasteiger partial charge on any atom is 0.433 e. The molecule has 0 fully saturated rings.